The second-order valence-electron chi connectivity index (χ2n) is 6.77. The van der Waals surface area contributed by atoms with E-state index in [1.807, 2.05) is 51.1 Å². The Morgan fingerprint density at radius 1 is 1.00 bits per heavy atom. The third-order valence-electron chi connectivity index (χ3n) is 4.53. The van der Waals surface area contributed by atoms with Gasteiger partial charge in [0, 0.05) is 18.5 Å². The highest BCUT2D eigenvalue weighted by atomic mass is 32.2. The summed E-state index contributed by atoms with van der Waals surface area (Å²) in [6.07, 6.45) is 1.86. The van der Waals surface area contributed by atoms with Crippen molar-refractivity contribution >= 4 is 15.9 Å². The Morgan fingerprint density at radius 3 is 2.22 bits per heavy atom. The van der Waals surface area contributed by atoms with Crippen molar-refractivity contribution in [3.05, 3.63) is 65.7 Å². The monoisotopic (exact) mass is 388 g/mol. The zero-order valence-electron chi connectivity index (χ0n) is 16.1. The van der Waals surface area contributed by atoms with Gasteiger partial charge in [0.05, 0.1) is 4.90 Å². The van der Waals surface area contributed by atoms with E-state index in [2.05, 4.69) is 10.0 Å². The van der Waals surface area contributed by atoms with Crippen LogP contribution in [0.2, 0.25) is 0 Å². The summed E-state index contributed by atoms with van der Waals surface area (Å²) in [5.41, 5.74) is 1.84. The molecule has 2 rings (SSSR count). The lowest BCUT2D eigenvalue weighted by Gasteiger charge is -2.15. The van der Waals surface area contributed by atoms with Crippen LogP contribution in [0.15, 0.2) is 59.5 Å². The Balaban J connectivity index is 1.96. The molecule has 0 unspecified atom stereocenters. The number of rotatable bonds is 9. The van der Waals surface area contributed by atoms with Crippen LogP contribution in [0.4, 0.5) is 0 Å². The van der Waals surface area contributed by atoms with Gasteiger partial charge in [-0.1, -0.05) is 49.4 Å². The van der Waals surface area contributed by atoms with Crippen molar-refractivity contribution in [2.24, 2.45) is 0 Å². The summed E-state index contributed by atoms with van der Waals surface area (Å²) >= 11 is 0. The Bertz CT molecular complexity index is 833. The second-order valence-corrected chi connectivity index (χ2v) is 8.49. The molecular formula is C21H28N2O3S. The van der Waals surface area contributed by atoms with Crippen LogP contribution in [0.25, 0.3) is 0 Å². The summed E-state index contributed by atoms with van der Waals surface area (Å²) in [4.78, 5) is 12.1. The predicted octanol–water partition coefficient (Wildman–Crippen LogP) is 3.57. The summed E-state index contributed by atoms with van der Waals surface area (Å²) in [7, 11) is -3.60. The topological polar surface area (TPSA) is 75.3 Å². The molecule has 0 aromatic heterocycles. The first-order valence-corrected chi connectivity index (χ1v) is 10.8. The van der Waals surface area contributed by atoms with Crippen LogP contribution in [0, 0.1) is 0 Å². The van der Waals surface area contributed by atoms with E-state index in [0.717, 1.165) is 17.5 Å². The van der Waals surface area contributed by atoms with Gasteiger partial charge in [0.1, 0.15) is 0 Å². The molecular weight excluding hydrogens is 360 g/mol. The molecule has 146 valence electrons. The molecule has 0 aliphatic heterocycles. The maximum Gasteiger partial charge on any atom is 0.241 e. The van der Waals surface area contributed by atoms with E-state index in [-0.39, 0.29) is 22.9 Å². The Hall–Kier alpha value is -2.18. The Labute approximate surface area is 162 Å². The number of nitrogens with one attached hydrogen (secondary N) is 2. The van der Waals surface area contributed by atoms with Crippen LogP contribution in [0.5, 0.6) is 0 Å². The minimum Gasteiger partial charge on any atom is -0.354 e. The molecule has 0 bridgehead atoms. The average Bonchev–Trinajstić information content (AvgIpc) is 2.67. The summed E-state index contributed by atoms with van der Waals surface area (Å²) in [6.45, 7) is 5.81. The van der Waals surface area contributed by atoms with Crippen molar-refractivity contribution in [3.8, 4) is 0 Å². The number of sulfonamides is 1. The molecule has 0 heterocycles. The van der Waals surface area contributed by atoms with Gasteiger partial charge in [-0.25, -0.2) is 13.1 Å². The van der Waals surface area contributed by atoms with Crippen molar-refractivity contribution in [2.75, 3.05) is 0 Å². The number of carbonyl (C=O) groups excluding carboxylic acids is 1. The molecule has 1 amide bonds. The second kappa shape index (κ2) is 9.67. The number of aryl methyl sites for hydroxylation is 1. The molecule has 0 saturated heterocycles. The summed E-state index contributed by atoms with van der Waals surface area (Å²) in [5, 5.41) is 2.93. The fourth-order valence-corrected chi connectivity index (χ4v) is 3.88. The smallest absolute Gasteiger partial charge is 0.241 e. The summed E-state index contributed by atoms with van der Waals surface area (Å²) < 4.78 is 27.8. The Kier molecular flexibility index (Phi) is 7.56. The first-order valence-electron chi connectivity index (χ1n) is 9.27. The van der Waals surface area contributed by atoms with E-state index >= 15 is 0 Å². The van der Waals surface area contributed by atoms with Crippen molar-refractivity contribution in [1.29, 1.82) is 0 Å². The van der Waals surface area contributed by atoms with Gasteiger partial charge in [-0.2, -0.15) is 0 Å². The molecule has 2 aromatic carbocycles. The van der Waals surface area contributed by atoms with Gasteiger partial charge < -0.3 is 5.32 Å². The third-order valence-corrected chi connectivity index (χ3v) is 6.08. The fraction of sp³-hybridized carbons (Fsp3) is 0.381. The normalized spacial score (nSPS) is 13.7. The molecule has 2 atom stereocenters. The van der Waals surface area contributed by atoms with Gasteiger partial charge in [0.2, 0.25) is 15.9 Å². The van der Waals surface area contributed by atoms with Gasteiger partial charge >= 0.3 is 0 Å². The zero-order valence-corrected chi connectivity index (χ0v) is 16.9. The van der Waals surface area contributed by atoms with Crippen LogP contribution in [0.3, 0.4) is 0 Å². The van der Waals surface area contributed by atoms with E-state index in [1.165, 1.54) is 0 Å². The van der Waals surface area contributed by atoms with E-state index in [0.29, 0.717) is 12.8 Å². The largest absolute Gasteiger partial charge is 0.354 e. The van der Waals surface area contributed by atoms with Gasteiger partial charge in [-0.3, -0.25) is 4.79 Å². The molecule has 2 N–H and O–H groups in total. The molecule has 2 aromatic rings. The molecule has 0 saturated carbocycles. The molecule has 5 nitrogen and oxygen atoms in total. The molecule has 0 fully saturated rings. The summed E-state index contributed by atoms with van der Waals surface area (Å²) in [5.74, 6) is 0.0133. The minimum absolute atomic E-state index is 0.0133. The standard InChI is InChI=1S/C21H28N2O3S/c1-4-16(2)22-21(24)15-12-18-10-13-20(14-11-18)27(25,26)23-17(3)19-8-6-5-7-9-19/h5-11,13-14,16-17,23H,4,12,15H2,1-3H3,(H,22,24)/t16-,17-/m0/s1. The van der Waals surface area contributed by atoms with Crippen LogP contribution in [-0.2, 0) is 21.2 Å². The highest BCUT2D eigenvalue weighted by Crippen LogP contribution is 2.17. The zero-order chi connectivity index (χ0) is 19.9. The van der Waals surface area contributed by atoms with Gasteiger partial charge in [-0.15, -0.1) is 0 Å². The molecule has 6 heteroatoms. The number of benzene rings is 2. The fourth-order valence-electron chi connectivity index (χ4n) is 2.65. The van der Waals surface area contributed by atoms with Crippen molar-refractivity contribution in [1.82, 2.24) is 10.0 Å². The van der Waals surface area contributed by atoms with E-state index in [4.69, 9.17) is 0 Å². The lowest BCUT2D eigenvalue weighted by molar-refractivity contribution is -0.121. The van der Waals surface area contributed by atoms with E-state index in [9.17, 15) is 13.2 Å². The number of amides is 1. The van der Waals surface area contributed by atoms with Crippen LogP contribution < -0.4 is 10.0 Å². The van der Waals surface area contributed by atoms with Gasteiger partial charge in [-0.05, 0) is 49.9 Å². The maximum atomic E-state index is 12.6. The first kappa shape index (κ1) is 21.1. The Morgan fingerprint density at radius 2 is 1.63 bits per heavy atom. The van der Waals surface area contributed by atoms with Crippen molar-refractivity contribution in [2.45, 2.75) is 57.0 Å². The van der Waals surface area contributed by atoms with Gasteiger partial charge in [0.15, 0.2) is 0 Å². The van der Waals surface area contributed by atoms with Crippen LogP contribution in [-0.4, -0.2) is 20.4 Å². The quantitative estimate of drug-likeness (QED) is 0.689. The molecule has 0 radical (unpaired) electrons. The molecule has 0 aliphatic carbocycles. The van der Waals surface area contributed by atoms with E-state index < -0.39 is 10.0 Å². The van der Waals surface area contributed by atoms with E-state index in [1.54, 1.807) is 24.3 Å². The maximum absolute atomic E-state index is 12.6. The average molecular weight is 389 g/mol. The third kappa shape index (κ3) is 6.48. The predicted molar refractivity (Wildman–Crippen MR) is 108 cm³/mol. The van der Waals surface area contributed by atoms with Crippen LogP contribution >= 0.6 is 0 Å². The minimum atomic E-state index is -3.60. The highest BCUT2D eigenvalue weighted by molar-refractivity contribution is 7.89. The summed E-state index contributed by atoms with van der Waals surface area (Å²) in [6, 6.07) is 16.0. The van der Waals surface area contributed by atoms with Crippen LogP contribution in [0.1, 0.15) is 50.8 Å². The number of hydrogen-bond donors (Lipinski definition) is 2. The van der Waals surface area contributed by atoms with Crippen molar-refractivity contribution in [3.63, 3.8) is 0 Å². The molecule has 0 aliphatic rings. The number of carbonyl (C=O) groups is 1. The number of hydrogen-bond acceptors (Lipinski definition) is 3. The highest BCUT2D eigenvalue weighted by Gasteiger charge is 2.18. The lowest BCUT2D eigenvalue weighted by Crippen LogP contribution is -2.32. The van der Waals surface area contributed by atoms with Crippen molar-refractivity contribution < 1.29 is 13.2 Å². The lowest BCUT2D eigenvalue weighted by atomic mass is 10.1. The SMILES string of the molecule is CC[C@H](C)NC(=O)CCc1ccc(S(=O)(=O)N[C@@H](C)c2ccccc2)cc1. The first-order chi connectivity index (χ1) is 12.8. The molecule has 0 spiro atoms. The molecule has 27 heavy (non-hydrogen) atoms. The van der Waals surface area contributed by atoms with Gasteiger partial charge in [0.25, 0.3) is 0 Å².